The molecule has 2 rings (SSSR count). The van der Waals surface area contributed by atoms with Crippen LogP contribution >= 0.6 is 24.8 Å². The van der Waals surface area contributed by atoms with Crippen LogP contribution in [0.25, 0.3) is 0 Å². The van der Waals surface area contributed by atoms with Crippen molar-refractivity contribution in [1.82, 2.24) is 15.6 Å². The first-order valence-corrected chi connectivity index (χ1v) is 6.23. The number of hydrogen-bond donors (Lipinski definition) is 2. The number of aromatic nitrogens is 1. The second-order valence-corrected chi connectivity index (χ2v) is 4.45. The summed E-state index contributed by atoms with van der Waals surface area (Å²) in [5.74, 6) is 0.161. The number of piperidine rings is 1. The number of nitrogens with one attached hydrogen (secondary N) is 2. The van der Waals surface area contributed by atoms with E-state index in [0.29, 0.717) is 12.5 Å². The fourth-order valence-electron chi connectivity index (χ4n) is 2.07. The Bertz CT molecular complexity index is 356. The third-order valence-electron chi connectivity index (χ3n) is 3.09. The summed E-state index contributed by atoms with van der Waals surface area (Å²) in [4.78, 5) is 15.7. The largest absolute Gasteiger partial charge is 0.353 e. The van der Waals surface area contributed by atoms with Gasteiger partial charge < -0.3 is 10.6 Å². The Morgan fingerprint density at radius 3 is 2.53 bits per heavy atom. The molecule has 1 aliphatic rings. The molecule has 0 aliphatic carbocycles. The summed E-state index contributed by atoms with van der Waals surface area (Å²) < 4.78 is 0. The normalized spacial score (nSPS) is 14.9. The molecule has 1 aromatic heterocycles. The molecular formula is C13H21Cl2N3O. The van der Waals surface area contributed by atoms with Gasteiger partial charge >= 0.3 is 0 Å². The molecule has 4 nitrogen and oxygen atoms in total. The van der Waals surface area contributed by atoms with Crippen molar-refractivity contribution in [2.24, 2.45) is 0 Å². The van der Waals surface area contributed by atoms with Crippen LogP contribution in [-0.2, 0) is 11.2 Å². The second kappa shape index (κ2) is 10.0. The molecule has 0 saturated carbocycles. The summed E-state index contributed by atoms with van der Waals surface area (Å²) in [6.07, 6.45) is 6.97. The van der Waals surface area contributed by atoms with Crippen LogP contribution in [0.1, 0.15) is 24.8 Å². The Morgan fingerprint density at radius 2 is 1.89 bits per heavy atom. The van der Waals surface area contributed by atoms with Gasteiger partial charge in [0.2, 0.25) is 5.91 Å². The van der Waals surface area contributed by atoms with Crippen LogP contribution in [0.5, 0.6) is 0 Å². The van der Waals surface area contributed by atoms with Crippen LogP contribution in [-0.4, -0.2) is 30.0 Å². The molecule has 0 atom stereocenters. The zero-order valence-corrected chi connectivity index (χ0v) is 12.4. The quantitative estimate of drug-likeness (QED) is 0.891. The molecule has 1 aromatic rings. The molecule has 1 aliphatic heterocycles. The summed E-state index contributed by atoms with van der Waals surface area (Å²) in [6, 6.07) is 4.27. The molecular weight excluding hydrogens is 285 g/mol. The zero-order valence-electron chi connectivity index (χ0n) is 10.8. The van der Waals surface area contributed by atoms with Crippen LogP contribution in [0, 0.1) is 0 Å². The maximum Gasteiger partial charge on any atom is 0.220 e. The minimum atomic E-state index is 0. The van der Waals surface area contributed by atoms with E-state index in [9.17, 15) is 4.79 Å². The van der Waals surface area contributed by atoms with Gasteiger partial charge in [-0.2, -0.15) is 0 Å². The van der Waals surface area contributed by atoms with Gasteiger partial charge in [-0.15, -0.1) is 24.8 Å². The fourth-order valence-corrected chi connectivity index (χ4v) is 2.07. The lowest BCUT2D eigenvalue weighted by atomic mass is 10.1. The molecule has 6 heteroatoms. The molecule has 19 heavy (non-hydrogen) atoms. The summed E-state index contributed by atoms with van der Waals surface area (Å²) >= 11 is 0. The number of carbonyl (C=O) groups is 1. The van der Waals surface area contributed by atoms with Crippen LogP contribution < -0.4 is 10.6 Å². The molecule has 0 aromatic carbocycles. The van der Waals surface area contributed by atoms with Gasteiger partial charge in [0.15, 0.2) is 0 Å². The van der Waals surface area contributed by atoms with E-state index in [1.165, 1.54) is 5.56 Å². The van der Waals surface area contributed by atoms with E-state index in [-0.39, 0.29) is 30.7 Å². The Balaban J connectivity index is 0.00000162. The minimum absolute atomic E-state index is 0. The van der Waals surface area contributed by atoms with E-state index in [4.69, 9.17) is 0 Å². The predicted octanol–water partition coefficient (Wildman–Crippen LogP) is 1.73. The van der Waals surface area contributed by atoms with Gasteiger partial charge in [-0.3, -0.25) is 9.78 Å². The molecule has 1 amide bonds. The van der Waals surface area contributed by atoms with Crippen LogP contribution in [0.15, 0.2) is 24.5 Å². The highest BCUT2D eigenvalue weighted by atomic mass is 35.5. The minimum Gasteiger partial charge on any atom is -0.353 e. The number of hydrogen-bond acceptors (Lipinski definition) is 3. The first-order chi connectivity index (χ1) is 8.34. The molecule has 0 unspecified atom stereocenters. The van der Waals surface area contributed by atoms with E-state index in [1.54, 1.807) is 12.4 Å². The van der Waals surface area contributed by atoms with Crippen molar-refractivity contribution in [3.63, 3.8) is 0 Å². The third-order valence-corrected chi connectivity index (χ3v) is 3.09. The Hall–Kier alpha value is -0.840. The van der Waals surface area contributed by atoms with E-state index in [1.807, 2.05) is 12.1 Å². The van der Waals surface area contributed by atoms with Gasteiger partial charge in [0.25, 0.3) is 0 Å². The van der Waals surface area contributed by atoms with E-state index in [2.05, 4.69) is 15.6 Å². The summed E-state index contributed by atoms with van der Waals surface area (Å²) in [5, 5.41) is 6.38. The SMILES string of the molecule is Cl.Cl.O=C(CCc1ccncc1)NC1CCNCC1. The number of rotatable bonds is 4. The molecule has 0 radical (unpaired) electrons. The van der Waals surface area contributed by atoms with Crippen molar-refractivity contribution in [3.8, 4) is 0 Å². The van der Waals surface area contributed by atoms with Crippen molar-refractivity contribution >= 4 is 30.7 Å². The lowest BCUT2D eigenvalue weighted by Crippen LogP contribution is -2.42. The zero-order chi connectivity index (χ0) is 11.9. The standard InChI is InChI=1S/C13H19N3O.2ClH/c17-13(16-12-5-9-15-10-6-12)2-1-11-3-7-14-8-4-11;;/h3-4,7-8,12,15H,1-2,5-6,9-10H2,(H,16,17);2*1H. The Labute approximate surface area is 126 Å². The van der Waals surface area contributed by atoms with E-state index < -0.39 is 0 Å². The van der Waals surface area contributed by atoms with Gasteiger partial charge in [-0.1, -0.05) is 0 Å². The lowest BCUT2D eigenvalue weighted by molar-refractivity contribution is -0.121. The van der Waals surface area contributed by atoms with E-state index >= 15 is 0 Å². The average molecular weight is 306 g/mol. The topological polar surface area (TPSA) is 54.0 Å². The summed E-state index contributed by atoms with van der Waals surface area (Å²) in [6.45, 7) is 2.02. The van der Waals surface area contributed by atoms with Gasteiger partial charge in [-0.05, 0) is 50.0 Å². The highest BCUT2D eigenvalue weighted by Crippen LogP contribution is 2.04. The first kappa shape index (κ1) is 18.2. The third kappa shape index (κ3) is 6.76. The smallest absolute Gasteiger partial charge is 0.220 e. The number of nitrogens with zero attached hydrogens (tertiary/aromatic N) is 1. The number of aryl methyl sites for hydroxylation is 1. The van der Waals surface area contributed by atoms with Crippen LogP contribution in [0.3, 0.4) is 0 Å². The van der Waals surface area contributed by atoms with Gasteiger partial charge in [0, 0.05) is 24.9 Å². The highest BCUT2D eigenvalue weighted by Gasteiger charge is 2.14. The molecule has 1 saturated heterocycles. The van der Waals surface area contributed by atoms with E-state index in [0.717, 1.165) is 32.4 Å². The van der Waals surface area contributed by atoms with Crippen molar-refractivity contribution < 1.29 is 4.79 Å². The molecule has 108 valence electrons. The molecule has 2 N–H and O–H groups in total. The van der Waals surface area contributed by atoms with Gasteiger partial charge in [-0.25, -0.2) is 0 Å². The Morgan fingerprint density at radius 1 is 1.26 bits per heavy atom. The maximum absolute atomic E-state index is 11.7. The van der Waals surface area contributed by atoms with Crippen molar-refractivity contribution in [1.29, 1.82) is 0 Å². The average Bonchev–Trinajstić information content (AvgIpc) is 2.39. The Kier molecular flexibility index (Phi) is 9.57. The van der Waals surface area contributed by atoms with Gasteiger partial charge in [0.05, 0.1) is 0 Å². The van der Waals surface area contributed by atoms with Gasteiger partial charge in [0.1, 0.15) is 0 Å². The summed E-state index contributed by atoms with van der Waals surface area (Å²) in [7, 11) is 0. The summed E-state index contributed by atoms with van der Waals surface area (Å²) in [5.41, 5.74) is 1.17. The van der Waals surface area contributed by atoms with Crippen LogP contribution in [0.4, 0.5) is 0 Å². The number of halogens is 2. The van der Waals surface area contributed by atoms with Crippen LogP contribution in [0.2, 0.25) is 0 Å². The number of carbonyl (C=O) groups excluding carboxylic acids is 1. The number of amides is 1. The maximum atomic E-state index is 11.7. The monoisotopic (exact) mass is 305 g/mol. The first-order valence-electron chi connectivity index (χ1n) is 6.23. The molecule has 1 fully saturated rings. The number of pyridine rings is 1. The molecule has 2 heterocycles. The fraction of sp³-hybridized carbons (Fsp3) is 0.538. The second-order valence-electron chi connectivity index (χ2n) is 4.45. The van der Waals surface area contributed by atoms with Crippen molar-refractivity contribution in [3.05, 3.63) is 30.1 Å². The predicted molar refractivity (Wildman–Crippen MR) is 81.1 cm³/mol. The lowest BCUT2D eigenvalue weighted by Gasteiger charge is -2.23. The van der Waals surface area contributed by atoms with Crippen molar-refractivity contribution in [2.45, 2.75) is 31.7 Å². The molecule has 0 spiro atoms. The molecule has 0 bridgehead atoms. The van der Waals surface area contributed by atoms with Crippen molar-refractivity contribution in [2.75, 3.05) is 13.1 Å². The highest BCUT2D eigenvalue weighted by molar-refractivity contribution is 5.85.